The third-order valence-electron chi connectivity index (χ3n) is 3.32. The minimum Gasteiger partial charge on any atom is -0.497 e. The summed E-state index contributed by atoms with van der Waals surface area (Å²) in [5, 5.41) is 9.34. The second kappa shape index (κ2) is 9.84. The summed E-state index contributed by atoms with van der Waals surface area (Å²) >= 11 is 0. The Kier molecular flexibility index (Phi) is 8.11. The van der Waals surface area contributed by atoms with Gasteiger partial charge in [-0.3, -0.25) is 4.79 Å². The Morgan fingerprint density at radius 3 is 2.43 bits per heavy atom. The van der Waals surface area contributed by atoms with E-state index in [1.165, 1.54) is 4.90 Å². The molecule has 1 atom stereocenters. The van der Waals surface area contributed by atoms with Crippen LogP contribution in [0.3, 0.4) is 0 Å². The first kappa shape index (κ1) is 19.0. The van der Waals surface area contributed by atoms with E-state index in [-0.39, 0.29) is 6.61 Å². The van der Waals surface area contributed by atoms with Crippen molar-refractivity contribution in [1.82, 2.24) is 4.90 Å². The first-order valence-corrected chi connectivity index (χ1v) is 7.75. The van der Waals surface area contributed by atoms with Gasteiger partial charge in [-0.05, 0) is 44.4 Å². The van der Waals surface area contributed by atoms with Crippen LogP contribution in [-0.4, -0.2) is 48.2 Å². The molecule has 0 heterocycles. The van der Waals surface area contributed by atoms with Crippen molar-refractivity contribution in [3.63, 3.8) is 0 Å². The van der Waals surface area contributed by atoms with Gasteiger partial charge >= 0.3 is 11.9 Å². The molecule has 0 radical (unpaired) electrons. The molecule has 0 aromatic heterocycles. The quantitative estimate of drug-likeness (QED) is 0.582. The molecule has 23 heavy (non-hydrogen) atoms. The number of carbonyl (C=O) groups excluding carboxylic acids is 2. The summed E-state index contributed by atoms with van der Waals surface area (Å²) in [6, 6.07) is 7.30. The van der Waals surface area contributed by atoms with Crippen LogP contribution in [0.2, 0.25) is 0 Å². The Morgan fingerprint density at radius 2 is 1.91 bits per heavy atom. The molecule has 0 fully saturated rings. The van der Waals surface area contributed by atoms with Gasteiger partial charge < -0.3 is 19.5 Å². The number of aliphatic hydroxyl groups is 1. The minimum absolute atomic E-state index is 0.161. The number of esters is 1. The highest BCUT2D eigenvalue weighted by Gasteiger charge is 2.23. The molecule has 0 saturated heterocycles. The predicted octanol–water partition coefficient (Wildman–Crippen LogP) is 1.75. The molecule has 6 heteroatoms. The Labute approximate surface area is 137 Å². The summed E-state index contributed by atoms with van der Waals surface area (Å²) < 4.78 is 9.89. The molecule has 0 aliphatic heterocycles. The van der Waals surface area contributed by atoms with Gasteiger partial charge in [0.25, 0.3) is 0 Å². The van der Waals surface area contributed by atoms with Crippen molar-refractivity contribution in [2.24, 2.45) is 0 Å². The Hall–Kier alpha value is -2.08. The summed E-state index contributed by atoms with van der Waals surface area (Å²) in [6.07, 6.45) is 0.740. The van der Waals surface area contributed by atoms with E-state index in [4.69, 9.17) is 9.47 Å². The lowest BCUT2D eigenvalue weighted by molar-refractivity contribution is -0.160. The zero-order chi connectivity index (χ0) is 17.2. The molecule has 0 aliphatic carbocycles. The molecule has 0 bridgehead atoms. The van der Waals surface area contributed by atoms with Crippen molar-refractivity contribution in [2.45, 2.75) is 39.3 Å². The molecule has 1 rings (SSSR count). The summed E-state index contributed by atoms with van der Waals surface area (Å²) in [4.78, 5) is 25.3. The van der Waals surface area contributed by atoms with Crippen LogP contribution in [-0.2, 0) is 20.9 Å². The Morgan fingerprint density at radius 1 is 1.26 bits per heavy atom. The third-order valence-corrected chi connectivity index (χ3v) is 3.32. The van der Waals surface area contributed by atoms with Crippen LogP contribution in [0.1, 0.15) is 32.3 Å². The van der Waals surface area contributed by atoms with Crippen LogP contribution >= 0.6 is 0 Å². The van der Waals surface area contributed by atoms with Crippen molar-refractivity contribution in [3.05, 3.63) is 29.8 Å². The van der Waals surface area contributed by atoms with E-state index in [1.54, 1.807) is 33.1 Å². The van der Waals surface area contributed by atoms with E-state index in [0.29, 0.717) is 25.9 Å². The smallest absolute Gasteiger partial charge is 0.397 e. The van der Waals surface area contributed by atoms with E-state index >= 15 is 0 Å². The average molecular weight is 323 g/mol. The number of ether oxygens (including phenoxy) is 2. The van der Waals surface area contributed by atoms with E-state index in [1.807, 2.05) is 12.1 Å². The van der Waals surface area contributed by atoms with Gasteiger partial charge in [0.05, 0.1) is 19.8 Å². The Balaban J connectivity index is 2.75. The number of carbonyl (C=O) groups is 2. The van der Waals surface area contributed by atoms with Gasteiger partial charge in [-0.25, -0.2) is 4.79 Å². The molecule has 1 aromatic carbocycles. The number of nitrogens with zero attached hydrogens (tertiary/aromatic N) is 1. The number of amides is 1. The van der Waals surface area contributed by atoms with Crippen LogP contribution in [0.4, 0.5) is 0 Å². The number of hydrogen-bond acceptors (Lipinski definition) is 5. The molecule has 1 amide bonds. The molecule has 128 valence electrons. The number of benzene rings is 1. The van der Waals surface area contributed by atoms with E-state index in [9.17, 15) is 14.7 Å². The normalized spacial score (nSPS) is 11.7. The highest BCUT2D eigenvalue weighted by Crippen LogP contribution is 2.14. The summed E-state index contributed by atoms with van der Waals surface area (Å²) in [7, 11) is 1.58. The lowest BCUT2D eigenvalue weighted by atomic mass is 10.1. The van der Waals surface area contributed by atoms with Crippen LogP contribution < -0.4 is 4.74 Å². The number of methoxy groups -OCH3 is 1. The average Bonchev–Trinajstić information content (AvgIpc) is 2.53. The van der Waals surface area contributed by atoms with Gasteiger partial charge in [-0.1, -0.05) is 12.1 Å². The highest BCUT2D eigenvalue weighted by atomic mass is 16.5. The first-order chi connectivity index (χ1) is 11.0. The number of aliphatic hydroxyl groups excluding tert-OH is 1. The maximum Gasteiger partial charge on any atom is 0.397 e. The van der Waals surface area contributed by atoms with Gasteiger partial charge in [0.2, 0.25) is 0 Å². The van der Waals surface area contributed by atoms with Crippen molar-refractivity contribution in [3.8, 4) is 5.75 Å². The molecular weight excluding hydrogens is 298 g/mol. The lowest BCUT2D eigenvalue weighted by Crippen LogP contribution is -2.38. The predicted molar refractivity (Wildman–Crippen MR) is 86.0 cm³/mol. The molecule has 0 spiro atoms. The van der Waals surface area contributed by atoms with Crippen molar-refractivity contribution in [2.75, 3.05) is 20.3 Å². The number of rotatable bonds is 8. The summed E-state index contributed by atoms with van der Waals surface area (Å²) in [5.41, 5.74) is 0.889. The van der Waals surface area contributed by atoms with Gasteiger partial charge in [-0.15, -0.1) is 0 Å². The van der Waals surface area contributed by atoms with Crippen LogP contribution in [0, 0.1) is 0 Å². The minimum atomic E-state index is -0.849. The zero-order valence-electron chi connectivity index (χ0n) is 13.9. The highest BCUT2D eigenvalue weighted by molar-refractivity contribution is 6.32. The fourth-order valence-corrected chi connectivity index (χ4v) is 2.10. The molecule has 0 saturated carbocycles. The van der Waals surface area contributed by atoms with Gasteiger partial charge in [0.1, 0.15) is 5.75 Å². The van der Waals surface area contributed by atoms with Crippen LogP contribution in [0.15, 0.2) is 24.3 Å². The van der Waals surface area contributed by atoms with Crippen molar-refractivity contribution >= 4 is 11.9 Å². The van der Waals surface area contributed by atoms with Gasteiger partial charge in [0.15, 0.2) is 0 Å². The molecule has 1 aromatic rings. The standard InChI is InChI=1S/C17H25NO5/c1-4-23-17(21)16(20)18(11-5-6-13(2)19)12-14-7-9-15(22-3)10-8-14/h7-10,13,19H,4-6,11-12H2,1-3H3. The fraction of sp³-hybridized carbons (Fsp3) is 0.529. The second-order valence-electron chi connectivity index (χ2n) is 5.29. The zero-order valence-corrected chi connectivity index (χ0v) is 13.9. The van der Waals surface area contributed by atoms with Crippen LogP contribution in [0.25, 0.3) is 0 Å². The first-order valence-electron chi connectivity index (χ1n) is 7.75. The SMILES string of the molecule is CCOC(=O)C(=O)N(CCCC(C)O)Cc1ccc(OC)cc1. The van der Waals surface area contributed by atoms with Crippen molar-refractivity contribution in [1.29, 1.82) is 0 Å². The van der Waals surface area contributed by atoms with E-state index in [2.05, 4.69) is 0 Å². The second-order valence-corrected chi connectivity index (χ2v) is 5.29. The van der Waals surface area contributed by atoms with E-state index in [0.717, 1.165) is 11.3 Å². The summed E-state index contributed by atoms with van der Waals surface area (Å²) in [5.74, 6) is -0.780. The topological polar surface area (TPSA) is 76.1 Å². The summed E-state index contributed by atoms with van der Waals surface area (Å²) in [6.45, 7) is 4.21. The molecular formula is C17H25NO5. The lowest BCUT2D eigenvalue weighted by Gasteiger charge is -2.22. The molecule has 0 aliphatic rings. The third kappa shape index (κ3) is 6.69. The van der Waals surface area contributed by atoms with Crippen molar-refractivity contribution < 1.29 is 24.2 Å². The maximum absolute atomic E-state index is 12.2. The van der Waals surface area contributed by atoms with E-state index < -0.39 is 18.0 Å². The fourth-order valence-electron chi connectivity index (χ4n) is 2.10. The number of hydrogen-bond donors (Lipinski definition) is 1. The molecule has 1 N–H and O–H groups in total. The largest absolute Gasteiger partial charge is 0.497 e. The maximum atomic E-state index is 12.2. The Bertz CT molecular complexity index is 498. The molecule has 6 nitrogen and oxygen atoms in total. The van der Waals surface area contributed by atoms with Gasteiger partial charge in [-0.2, -0.15) is 0 Å². The van der Waals surface area contributed by atoms with Gasteiger partial charge in [0, 0.05) is 13.1 Å². The molecule has 1 unspecified atom stereocenters. The monoisotopic (exact) mass is 323 g/mol. The van der Waals surface area contributed by atoms with Crippen LogP contribution in [0.5, 0.6) is 5.75 Å².